The molecule has 0 spiro atoms. The monoisotopic (exact) mass is 512 g/mol. The first kappa shape index (κ1) is 26.6. The van der Waals surface area contributed by atoms with Crippen LogP contribution in [0, 0.1) is 13.8 Å². The van der Waals surface area contributed by atoms with Gasteiger partial charge in [0.15, 0.2) is 6.61 Å². The van der Waals surface area contributed by atoms with Gasteiger partial charge in [-0.15, -0.1) is 0 Å². The molecule has 35 heavy (non-hydrogen) atoms. The fourth-order valence-corrected chi connectivity index (χ4v) is 4.09. The summed E-state index contributed by atoms with van der Waals surface area (Å²) in [5.41, 5.74) is 3.69. The summed E-state index contributed by atoms with van der Waals surface area (Å²) in [5.74, 6) is 0.117. The average Bonchev–Trinajstić information content (AvgIpc) is 2.84. The summed E-state index contributed by atoms with van der Waals surface area (Å²) in [6.45, 7) is 6.19. The van der Waals surface area contributed by atoms with E-state index in [0.717, 1.165) is 22.3 Å². The Morgan fingerprint density at radius 1 is 0.943 bits per heavy atom. The quantitative estimate of drug-likeness (QED) is 0.375. The molecule has 0 aliphatic rings. The predicted molar refractivity (Wildman–Crippen MR) is 141 cm³/mol. The fraction of sp³-hybridized carbons (Fsp3) is 0.286. The SMILES string of the molecule is CCNC(=O)[C@H](Cc1ccccc1)N(Cc1ccc(Cl)c(Cl)c1)C(=O)COc1cc(C)ccc1C. The van der Waals surface area contributed by atoms with Crippen LogP contribution in [0.3, 0.4) is 0 Å². The number of halogens is 2. The Labute approximate surface area is 217 Å². The van der Waals surface area contributed by atoms with E-state index in [-0.39, 0.29) is 25.0 Å². The van der Waals surface area contributed by atoms with Crippen molar-refractivity contribution < 1.29 is 14.3 Å². The molecule has 3 aromatic rings. The van der Waals surface area contributed by atoms with E-state index in [2.05, 4.69) is 5.32 Å². The highest BCUT2D eigenvalue weighted by Crippen LogP contribution is 2.25. The minimum Gasteiger partial charge on any atom is -0.483 e. The molecular formula is C28H30Cl2N2O3. The van der Waals surface area contributed by atoms with Crippen molar-refractivity contribution in [3.05, 3.63) is 99.0 Å². The molecule has 0 heterocycles. The Kier molecular flexibility index (Phi) is 9.58. The Morgan fingerprint density at radius 2 is 1.69 bits per heavy atom. The number of likely N-dealkylation sites (N-methyl/N-ethyl adjacent to an activating group) is 1. The molecular weight excluding hydrogens is 483 g/mol. The summed E-state index contributed by atoms with van der Waals surface area (Å²) in [6.07, 6.45) is 0.364. The molecule has 0 radical (unpaired) electrons. The van der Waals surface area contributed by atoms with E-state index >= 15 is 0 Å². The number of benzene rings is 3. The van der Waals surface area contributed by atoms with Crippen molar-refractivity contribution >= 4 is 35.0 Å². The van der Waals surface area contributed by atoms with E-state index in [4.69, 9.17) is 27.9 Å². The van der Waals surface area contributed by atoms with Crippen molar-refractivity contribution in [2.75, 3.05) is 13.2 Å². The van der Waals surface area contributed by atoms with Crippen molar-refractivity contribution in [1.29, 1.82) is 0 Å². The van der Waals surface area contributed by atoms with Crippen LogP contribution in [0.15, 0.2) is 66.7 Å². The zero-order valence-corrected chi connectivity index (χ0v) is 21.7. The van der Waals surface area contributed by atoms with Gasteiger partial charge in [0.1, 0.15) is 11.8 Å². The number of amides is 2. The van der Waals surface area contributed by atoms with Crippen molar-refractivity contribution in [2.24, 2.45) is 0 Å². The molecule has 1 N–H and O–H groups in total. The normalized spacial score (nSPS) is 11.6. The largest absolute Gasteiger partial charge is 0.483 e. The molecule has 5 nitrogen and oxygen atoms in total. The maximum Gasteiger partial charge on any atom is 0.261 e. The lowest BCUT2D eigenvalue weighted by Crippen LogP contribution is -2.51. The maximum atomic E-state index is 13.6. The molecule has 0 aliphatic carbocycles. The fourth-order valence-electron chi connectivity index (χ4n) is 3.77. The first-order valence-electron chi connectivity index (χ1n) is 11.5. The molecule has 1 atom stereocenters. The van der Waals surface area contributed by atoms with E-state index in [1.165, 1.54) is 0 Å². The van der Waals surface area contributed by atoms with E-state index in [1.807, 2.05) is 69.3 Å². The maximum absolute atomic E-state index is 13.6. The number of carbonyl (C=O) groups is 2. The molecule has 0 aliphatic heterocycles. The van der Waals surface area contributed by atoms with Crippen LogP contribution in [0.5, 0.6) is 5.75 Å². The van der Waals surface area contributed by atoms with Crippen LogP contribution >= 0.6 is 23.2 Å². The Morgan fingerprint density at radius 3 is 2.37 bits per heavy atom. The number of ether oxygens (including phenoxy) is 1. The van der Waals surface area contributed by atoms with Gasteiger partial charge >= 0.3 is 0 Å². The third-order valence-corrected chi connectivity index (χ3v) is 6.39. The van der Waals surface area contributed by atoms with Gasteiger partial charge < -0.3 is 15.0 Å². The number of hydrogen-bond donors (Lipinski definition) is 1. The van der Waals surface area contributed by atoms with E-state index < -0.39 is 6.04 Å². The van der Waals surface area contributed by atoms with Gasteiger partial charge in [-0.25, -0.2) is 0 Å². The molecule has 0 saturated heterocycles. The highest BCUT2D eigenvalue weighted by Gasteiger charge is 2.30. The molecule has 0 aromatic heterocycles. The molecule has 7 heteroatoms. The lowest BCUT2D eigenvalue weighted by atomic mass is 10.0. The molecule has 2 amide bonds. The summed E-state index contributed by atoms with van der Waals surface area (Å²) in [5, 5.41) is 3.69. The topological polar surface area (TPSA) is 58.6 Å². The van der Waals surface area contributed by atoms with Crippen molar-refractivity contribution in [3.63, 3.8) is 0 Å². The highest BCUT2D eigenvalue weighted by molar-refractivity contribution is 6.42. The van der Waals surface area contributed by atoms with Gasteiger partial charge in [-0.3, -0.25) is 9.59 Å². The second-order valence-corrected chi connectivity index (χ2v) is 9.24. The summed E-state index contributed by atoms with van der Waals surface area (Å²) in [6, 6.07) is 20.0. The smallest absolute Gasteiger partial charge is 0.261 e. The Bertz CT molecular complexity index is 1170. The number of nitrogens with zero attached hydrogens (tertiary/aromatic N) is 1. The van der Waals surface area contributed by atoms with Crippen LogP contribution in [0.25, 0.3) is 0 Å². The van der Waals surface area contributed by atoms with Crippen LogP contribution in [0.4, 0.5) is 0 Å². The molecule has 0 bridgehead atoms. The molecule has 3 rings (SSSR count). The Balaban J connectivity index is 1.92. The van der Waals surface area contributed by atoms with Crippen LogP contribution in [0.1, 0.15) is 29.2 Å². The predicted octanol–water partition coefficient (Wildman–Crippen LogP) is 5.77. The summed E-state index contributed by atoms with van der Waals surface area (Å²) < 4.78 is 5.91. The lowest BCUT2D eigenvalue weighted by molar-refractivity contribution is -0.142. The van der Waals surface area contributed by atoms with Crippen molar-refractivity contribution in [1.82, 2.24) is 10.2 Å². The van der Waals surface area contributed by atoms with E-state index in [0.29, 0.717) is 28.8 Å². The van der Waals surface area contributed by atoms with Gasteiger partial charge in [0.25, 0.3) is 5.91 Å². The molecule has 0 fully saturated rings. The standard InChI is InChI=1S/C28H30Cl2N2O3/c1-4-31-28(34)25(16-21-8-6-5-7-9-21)32(17-22-12-13-23(29)24(30)15-22)27(33)18-35-26-14-19(2)10-11-20(26)3/h5-15,25H,4,16-18H2,1-3H3,(H,31,34)/t25-/m0/s1. The minimum absolute atomic E-state index is 0.181. The Hall–Kier alpha value is -3.02. The second-order valence-electron chi connectivity index (χ2n) is 8.43. The van der Waals surface area contributed by atoms with Crippen molar-refractivity contribution in [2.45, 2.75) is 39.8 Å². The number of rotatable bonds is 10. The van der Waals surface area contributed by atoms with Gasteiger partial charge in [-0.05, 0) is 61.2 Å². The molecule has 0 unspecified atom stereocenters. The van der Waals surface area contributed by atoms with Crippen LogP contribution in [-0.2, 0) is 22.6 Å². The number of nitrogens with one attached hydrogen (secondary N) is 1. The van der Waals surface area contributed by atoms with E-state index in [1.54, 1.807) is 23.1 Å². The number of aryl methyl sites for hydroxylation is 2. The zero-order chi connectivity index (χ0) is 25.4. The van der Waals surface area contributed by atoms with Gasteiger partial charge in [0.2, 0.25) is 5.91 Å². The molecule has 0 saturated carbocycles. The average molecular weight is 513 g/mol. The minimum atomic E-state index is -0.735. The summed E-state index contributed by atoms with van der Waals surface area (Å²) in [7, 11) is 0. The van der Waals surface area contributed by atoms with Crippen LogP contribution < -0.4 is 10.1 Å². The second kappa shape index (κ2) is 12.6. The summed E-state index contributed by atoms with van der Waals surface area (Å²) in [4.78, 5) is 28.3. The third kappa shape index (κ3) is 7.48. The van der Waals surface area contributed by atoms with Gasteiger partial charge in [-0.1, -0.05) is 71.7 Å². The van der Waals surface area contributed by atoms with Crippen LogP contribution in [0.2, 0.25) is 10.0 Å². The number of hydrogen-bond acceptors (Lipinski definition) is 3. The lowest BCUT2D eigenvalue weighted by Gasteiger charge is -2.31. The zero-order valence-electron chi connectivity index (χ0n) is 20.2. The van der Waals surface area contributed by atoms with Gasteiger partial charge in [0.05, 0.1) is 10.0 Å². The first-order valence-corrected chi connectivity index (χ1v) is 12.3. The van der Waals surface area contributed by atoms with Crippen molar-refractivity contribution in [3.8, 4) is 5.75 Å². The van der Waals surface area contributed by atoms with Gasteiger partial charge in [0, 0.05) is 19.5 Å². The highest BCUT2D eigenvalue weighted by atomic mass is 35.5. The first-order chi connectivity index (χ1) is 16.8. The molecule has 3 aromatic carbocycles. The van der Waals surface area contributed by atoms with E-state index in [9.17, 15) is 9.59 Å². The number of carbonyl (C=O) groups excluding carboxylic acids is 2. The molecule has 184 valence electrons. The third-order valence-electron chi connectivity index (χ3n) is 5.65. The summed E-state index contributed by atoms with van der Waals surface area (Å²) >= 11 is 12.3. The van der Waals surface area contributed by atoms with Crippen LogP contribution in [-0.4, -0.2) is 35.9 Å². The van der Waals surface area contributed by atoms with Gasteiger partial charge in [-0.2, -0.15) is 0 Å².